The van der Waals surface area contributed by atoms with E-state index in [1.807, 2.05) is 14.1 Å². The lowest BCUT2D eigenvalue weighted by atomic mass is 10.1. The molecule has 0 bridgehead atoms. The van der Waals surface area contributed by atoms with Crippen LogP contribution in [0.5, 0.6) is 0 Å². The van der Waals surface area contributed by atoms with Gasteiger partial charge >= 0.3 is 5.69 Å². The first-order chi connectivity index (χ1) is 12.8. The monoisotopic (exact) mass is 390 g/mol. The third-order valence-electron chi connectivity index (χ3n) is 4.05. The highest BCUT2D eigenvalue weighted by Crippen LogP contribution is 2.32. The first-order valence-corrected chi connectivity index (χ1v) is 8.87. The lowest BCUT2D eigenvalue weighted by molar-refractivity contribution is -0.384. The zero-order valence-corrected chi connectivity index (χ0v) is 16.4. The van der Waals surface area contributed by atoms with E-state index in [9.17, 15) is 14.9 Å². The summed E-state index contributed by atoms with van der Waals surface area (Å²) in [5.41, 5.74) is 0.758. The summed E-state index contributed by atoms with van der Waals surface area (Å²) in [5.74, 6) is -0.535. The van der Waals surface area contributed by atoms with Crippen molar-refractivity contribution in [2.24, 2.45) is 0 Å². The van der Waals surface area contributed by atoms with Crippen LogP contribution in [-0.4, -0.2) is 50.0 Å². The summed E-state index contributed by atoms with van der Waals surface area (Å²) in [6, 6.07) is 11.3. The highest BCUT2D eigenvalue weighted by molar-refractivity contribution is 6.30. The fraction of sp³-hybridized carbons (Fsp3) is 0.316. The van der Waals surface area contributed by atoms with E-state index in [-0.39, 0.29) is 11.3 Å². The van der Waals surface area contributed by atoms with Crippen LogP contribution in [0.2, 0.25) is 5.02 Å². The molecule has 0 radical (unpaired) electrons. The number of para-hydroxylation sites is 1. The molecule has 7 nitrogen and oxygen atoms in total. The van der Waals surface area contributed by atoms with Crippen molar-refractivity contribution in [3.63, 3.8) is 0 Å². The van der Waals surface area contributed by atoms with Crippen LogP contribution in [0.15, 0.2) is 42.5 Å². The molecule has 2 aromatic carbocycles. The zero-order chi connectivity index (χ0) is 20.0. The predicted molar refractivity (Wildman–Crippen MR) is 109 cm³/mol. The lowest BCUT2D eigenvalue weighted by Crippen LogP contribution is -2.25. The number of rotatable bonds is 8. The highest BCUT2D eigenvalue weighted by Gasteiger charge is 2.26. The minimum atomic E-state index is -0.535. The van der Waals surface area contributed by atoms with Crippen molar-refractivity contribution in [2.75, 3.05) is 44.4 Å². The molecule has 0 saturated heterocycles. The number of amides is 1. The number of anilines is 2. The van der Waals surface area contributed by atoms with Crippen molar-refractivity contribution < 1.29 is 9.72 Å². The maximum Gasteiger partial charge on any atom is 0.305 e. The van der Waals surface area contributed by atoms with Crippen LogP contribution < -0.4 is 10.2 Å². The number of nitrogens with zero attached hydrogens (tertiary/aromatic N) is 3. The van der Waals surface area contributed by atoms with E-state index in [1.165, 1.54) is 6.07 Å². The van der Waals surface area contributed by atoms with Gasteiger partial charge in [0.15, 0.2) is 0 Å². The van der Waals surface area contributed by atoms with Crippen LogP contribution in [0.1, 0.15) is 16.8 Å². The largest absolute Gasteiger partial charge is 0.369 e. The Morgan fingerprint density at radius 3 is 2.37 bits per heavy atom. The van der Waals surface area contributed by atoms with Crippen LogP contribution in [0.4, 0.5) is 17.1 Å². The van der Waals surface area contributed by atoms with Gasteiger partial charge in [-0.1, -0.05) is 17.7 Å². The van der Waals surface area contributed by atoms with E-state index < -0.39 is 10.8 Å². The van der Waals surface area contributed by atoms with E-state index in [1.54, 1.807) is 48.3 Å². The Kier molecular flexibility index (Phi) is 7.15. The van der Waals surface area contributed by atoms with E-state index >= 15 is 0 Å². The normalized spacial score (nSPS) is 10.7. The number of hydrogen-bond donors (Lipinski definition) is 1. The summed E-state index contributed by atoms with van der Waals surface area (Å²) in [5, 5.41) is 14.9. The smallest absolute Gasteiger partial charge is 0.305 e. The summed E-state index contributed by atoms with van der Waals surface area (Å²) in [4.78, 5) is 27.7. The van der Waals surface area contributed by atoms with Crippen LogP contribution in [0, 0.1) is 10.1 Å². The zero-order valence-electron chi connectivity index (χ0n) is 15.6. The summed E-state index contributed by atoms with van der Waals surface area (Å²) in [7, 11) is 5.74. The molecule has 2 rings (SSSR count). The Balaban J connectivity index is 2.26. The van der Waals surface area contributed by atoms with Crippen molar-refractivity contribution >= 4 is 34.6 Å². The number of nitrogens with one attached hydrogen (secondary N) is 1. The van der Waals surface area contributed by atoms with E-state index in [0.717, 1.165) is 13.0 Å². The number of benzene rings is 2. The van der Waals surface area contributed by atoms with Gasteiger partial charge in [0.25, 0.3) is 5.91 Å². The van der Waals surface area contributed by atoms with Gasteiger partial charge in [0.05, 0.1) is 4.92 Å². The van der Waals surface area contributed by atoms with Gasteiger partial charge in [-0.3, -0.25) is 14.9 Å². The van der Waals surface area contributed by atoms with Crippen LogP contribution in [0.3, 0.4) is 0 Å². The lowest BCUT2D eigenvalue weighted by Gasteiger charge is -2.21. The molecule has 0 spiro atoms. The molecule has 8 heteroatoms. The minimum Gasteiger partial charge on any atom is -0.369 e. The molecule has 1 amide bonds. The first kappa shape index (κ1) is 20.7. The molecule has 0 aliphatic carbocycles. The average molecular weight is 391 g/mol. The molecule has 0 saturated carbocycles. The van der Waals surface area contributed by atoms with E-state index in [2.05, 4.69) is 10.2 Å². The van der Waals surface area contributed by atoms with Crippen molar-refractivity contribution in [3.05, 3.63) is 63.2 Å². The van der Waals surface area contributed by atoms with Crippen molar-refractivity contribution in [2.45, 2.75) is 6.42 Å². The third-order valence-corrected chi connectivity index (χ3v) is 4.31. The summed E-state index contributed by atoms with van der Waals surface area (Å²) >= 11 is 5.84. The van der Waals surface area contributed by atoms with Crippen LogP contribution in [-0.2, 0) is 0 Å². The summed E-state index contributed by atoms with van der Waals surface area (Å²) in [6.45, 7) is 1.51. The molecule has 0 heterocycles. The SMILES string of the molecule is CN(C)CCCN(C)c1cccc(C(=O)Nc2ccc(Cl)cc2)c1[N+](=O)[O-]. The maximum atomic E-state index is 12.6. The van der Waals surface area contributed by atoms with Crippen molar-refractivity contribution in [1.82, 2.24) is 4.90 Å². The Hall–Kier alpha value is -2.64. The fourth-order valence-corrected chi connectivity index (χ4v) is 2.82. The van der Waals surface area contributed by atoms with Crippen molar-refractivity contribution in [3.8, 4) is 0 Å². The molecule has 0 unspecified atom stereocenters. The molecule has 0 fully saturated rings. The Labute approximate surface area is 163 Å². The van der Waals surface area contributed by atoms with Crippen LogP contribution in [0.25, 0.3) is 0 Å². The number of nitro benzene ring substituents is 1. The molecule has 144 valence electrons. The number of carbonyl (C=O) groups excluding carboxylic acids is 1. The highest BCUT2D eigenvalue weighted by atomic mass is 35.5. The van der Waals surface area contributed by atoms with Gasteiger partial charge in [-0.25, -0.2) is 0 Å². The van der Waals surface area contributed by atoms with Gasteiger partial charge in [0, 0.05) is 24.3 Å². The van der Waals surface area contributed by atoms with Crippen molar-refractivity contribution in [1.29, 1.82) is 0 Å². The second kappa shape index (κ2) is 9.34. The maximum absolute atomic E-state index is 12.6. The predicted octanol–water partition coefficient (Wildman–Crippen LogP) is 3.89. The Morgan fingerprint density at radius 2 is 1.78 bits per heavy atom. The van der Waals surface area contributed by atoms with Gasteiger partial charge in [-0.2, -0.15) is 0 Å². The molecular weight excluding hydrogens is 368 g/mol. The molecule has 1 N–H and O–H groups in total. The van der Waals surface area contributed by atoms with E-state index in [4.69, 9.17) is 11.6 Å². The molecule has 27 heavy (non-hydrogen) atoms. The Morgan fingerprint density at radius 1 is 1.11 bits per heavy atom. The second-order valence-corrected chi connectivity index (χ2v) is 6.91. The number of hydrogen-bond acceptors (Lipinski definition) is 5. The Bertz CT molecular complexity index is 809. The second-order valence-electron chi connectivity index (χ2n) is 6.47. The summed E-state index contributed by atoms with van der Waals surface area (Å²) in [6.07, 6.45) is 0.849. The first-order valence-electron chi connectivity index (χ1n) is 8.49. The van der Waals surface area contributed by atoms with E-state index in [0.29, 0.717) is 22.9 Å². The van der Waals surface area contributed by atoms with Gasteiger partial charge in [-0.15, -0.1) is 0 Å². The van der Waals surface area contributed by atoms with Gasteiger partial charge in [-0.05, 0) is 63.5 Å². The minimum absolute atomic E-state index is 0.0203. The topological polar surface area (TPSA) is 78.7 Å². The quantitative estimate of drug-likeness (QED) is 0.546. The molecule has 0 aromatic heterocycles. The average Bonchev–Trinajstić information content (AvgIpc) is 2.62. The molecule has 0 aliphatic rings. The number of halogens is 1. The number of carbonyl (C=O) groups is 1. The van der Waals surface area contributed by atoms with Gasteiger partial charge in [0.1, 0.15) is 11.3 Å². The van der Waals surface area contributed by atoms with Gasteiger partial charge in [0.2, 0.25) is 0 Å². The molecule has 0 aliphatic heterocycles. The molecule has 2 aromatic rings. The fourth-order valence-electron chi connectivity index (χ4n) is 2.69. The van der Waals surface area contributed by atoms with Gasteiger partial charge < -0.3 is 15.1 Å². The van der Waals surface area contributed by atoms with Crippen LogP contribution >= 0.6 is 11.6 Å². The number of nitro groups is 1. The third kappa shape index (κ3) is 5.67. The summed E-state index contributed by atoms with van der Waals surface area (Å²) < 4.78 is 0. The standard InChI is InChI=1S/C19H23ClN4O3/c1-22(2)12-5-13-23(3)17-7-4-6-16(18(17)24(26)27)19(25)21-15-10-8-14(20)9-11-15/h4,6-11H,5,12-13H2,1-3H3,(H,21,25). The molecular formula is C19H23ClN4O3. The molecule has 0 atom stereocenters.